The van der Waals surface area contributed by atoms with Crippen LogP contribution in [0.3, 0.4) is 0 Å². The second kappa shape index (κ2) is 6.91. The molecule has 0 atom stereocenters. The van der Waals surface area contributed by atoms with Crippen LogP contribution in [0.25, 0.3) is 11.3 Å². The standard InChI is InChI=1S/C15H17Cl2N3/c1-3-8-18-15-10(4-2)14(19-9-20-15)11-6-5-7-12(16)13(11)17/h5-7,9H,3-4,8H2,1-2H3,(H,18,19,20). The summed E-state index contributed by atoms with van der Waals surface area (Å²) in [6, 6.07) is 5.58. The average Bonchev–Trinajstić information content (AvgIpc) is 2.47. The van der Waals surface area contributed by atoms with Gasteiger partial charge in [0.2, 0.25) is 0 Å². The van der Waals surface area contributed by atoms with E-state index in [0.29, 0.717) is 10.0 Å². The smallest absolute Gasteiger partial charge is 0.133 e. The Hall–Kier alpha value is -1.32. The lowest BCUT2D eigenvalue weighted by Gasteiger charge is -2.14. The third kappa shape index (κ3) is 3.05. The largest absolute Gasteiger partial charge is 0.370 e. The molecule has 2 aromatic rings. The fourth-order valence-electron chi connectivity index (χ4n) is 2.06. The lowest BCUT2D eigenvalue weighted by molar-refractivity contribution is 0.949. The summed E-state index contributed by atoms with van der Waals surface area (Å²) >= 11 is 12.4. The average molecular weight is 310 g/mol. The molecule has 0 fully saturated rings. The molecule has 20 heavy (non-hydrogen) atoms. The van der Waals surface area contributed by atoms with Crippen LogP contribution in [0.15, 0.2) is 24.5 Å². The molecule has 0 radical (unpaired) electrons. The van der Waals surface area contributed by atoms with Crippen molar-refractivity contribution in [1.29, 1.82) is 0 Å². The molecule has 0 unspecified atom stereocenters. The van der Waals surface area contributed by atoms with Crippen molar-refractivity contribution in [2.75, 3.05) is 11.9 Å². The summed E-state index contributed by atoms with van der Waals surface area (Å²) < 4.78 is 0. The van der Waals surface area contributed by atoms with Crippen LogP contribution in [-0.4, -0.2) is 16.5 Å². The Kier molecular flexibility index (Phi) is 5.21. The highest BCUT2D eigenvalue weighted by atomic mass is 35.5. The van der Waals surface area contributed by atoms with Crippen LogP contribution in [0.2, 0.25) is 10.0 Å². The molecule has 1 heterocycles. The lowest BCUT2D eigenvalue weighted by atomic mass is 10.0. The normalized spacial score (nSPS) is 10.6. The first kappa shape index (κ1) is 15.1. The molecule has 1 aromatic heterocycles. The molecule has 3 nitrogen and oxygen atoms in total. The fourth-order valence-corrected chi connectivity index (χ4v) is 2.45. The number of anilines is 1. The van der Waals surface area contributed by atoms with Crippen LogP contribution in [0, 0.1) is 0 Å². The summed E-state index contributed by atoms with van der Waals surface area (Å²) in [4.78, 5) is 8.72. The Labute approximate surface area is 129 Å². The predicted octanol–water partition coefficient (Wildman–Crippen LogP) is 4.83. The van der Waals surface area contributed by atoms with E-state index in [1.165, 1.54) is 0 Å². The van der Waals surface area contributed by atoms with Gasteiger partial charge in [0.1, 0.15) is 12.1 Å². The van der Waals surface area contributed by atoms with Crippen molar-refractivity contribution in [2.45, 2.75) is 26.7 Å². The number of aromatic nitrogens is 2. The van der Waals surface area contributed by atoms with E-state index in [1.54, 1.807) is 12.4 Å². The summed E-state index contributed by atoms with van der Waals surface area (Å²) in [6.07, 6.45) is 3.43. The summed E-state index contributed by atoms with van der Waals surface area (Å²) in [5, 5.41) is 4.40. The van der Waals surface area contributed by atoms with Crippen LogP contribution >= 0.6 is 23.2 Å². The molecule has 0 saturated heterocycles. The van der Waals surface area contributed by atoms with E-state index in [0.717, 1.165) is 42.0 Å². The molecular weight excluding hydrogens is 293 g/mol. The maximum absolute atomic E-state index is 6.30. The summed E-state index contributed by atoms with van der Waals surface area (Å²) in [5.74, 6) is 0.871. The number of nitrogens with one attached hydrogen (secondary N) is 1. The van der Waals surface area contributed by atoms with Gasteiger partial charge in [0, 0.05) is 17.7 Å². The Morgan fingerprint density at radius 2 is 1.95 bits per heavy atom. The predicted molar refractivity (Wildman–Crippen MR) is 85.6 cm³/mol. The van der Waals surface area contributed by atoms with E-state index in [2.05, 4.69) is 29.1 Å². The van der Waals surface area contributed by atoms with Gasteiger partial charge in [-0.3, -0.25) is 0 Å². The molecule has 5 heteroatoms. The van der Waals surface area contributed by atoms with Crippen molar-refractivity contribution in [3.63, 3.8) is 0 Å². The Morgan fingerprint density at radius 1 is 1.15 bits per heavy atom. The van der Waals surface area contributed by atoms with Crippen LogP contribution in [0.4, 0.5) is 5.82 Å². The zero-order valence-electron chi connectivity index (χ0n) is 11.6. The molecule has 0 aliphatic rings. The first-order valence-electron chi connectivity index (χ1n) is 6.71. The van der Waals surface area contributed by atoms with Gasteiger partial charge >= 0.3 is 0 Å². The van der Waals surface area contributed by atoms with E-state index in [-0.39, 0.29) is 0 Å². The van der Waals surface area contributed by atoms with Gasteiger partial charge in [0.15, 0.2) is 0 Å². The molecule has 0 amide bonds. The van der Waals surface area contributed by atoms with Crippen LogP contribution < -0.4 is 5.32 Å². The van der Waals surface area contributed by atoms with E-state index in [4.69, 9.17) is 23.2 Å². The molecule has 1 N–H and O–H groups in total. The summed E-state index contributed by atoms with van der Waals surface area (Å²) in [6.45, 7) is 5.08. The SMILES string of the molecule is CCCNc1ncnc(-c2cccc(Cl)c2Cl)c1CC. The van der Waals surface area contributed by atoms with Crippen molar-refractivity contribution >= 4 is 29.0 Å². The second-order valence-corrected chi connectivity index (χ2v) is 5.22. The van der Waals surface area contributed by atoms with Crippen molar-refractivity contribution in [2.24, 2.45) is 0 Å². The maximum atomic E-state index is 6.30. The maximum Gasteiger partial charge on any atom is 0.133 e. The summed E-state index contributed by atoms with van der Waals surface area (Å²) in [5.41, 5.74) is 2.75. The zero-order chi connectivity index (χ0) is 14.5. The van der Waals surface area contributed by atoms with Gasteiger partial charge in [-0.15, -0.1) is 0 Å². The highest BCUT2D eigenvalue weighted by Gasteiger charge is 2.15. The Bertz CT molecular complexity index is 600. The minimum absolute atomic E-state index is 0.531. The van der Waals surface area contributed by atoms with Crippen LogP contribution in [-0.2, 0) is 6.42 Å². The van der Waals surface area contributed by atoms with Crippen molar-refractivity contribution in [1.82, 2.24) is 9.97 Å². The van der Waals surface area contributed by atoms with Crippen LogP contribution in [0.5, 0.6) is 0 Å². The minimum Gasteiger partial charge on any atom is -0.370 e. The highest BCUT2D eigenvalue weighted by molar-refractivity contribution is 6.43. The third-order valence-corrected chi connectivity index (χ3v) is 3.87. The number of nitrogens with zero attached hydrogens (tertiary/aromatic N) is 2. The molecule has 0 aliphatic carbocycles. The van der Waals surface area contributed by atoms with Gasteiger partial charge in [-0.25, -0.2) is 9.97 Å². The number of benzene rings is 1. The van der Waals surface area contributed by atoms with Gasteiger partial charge in [-0.2, -0.15) is 0 Å². The van der Waals surface area contributed by atoms with Gasteiger partial charge in [0.05, 0.1) is 15.7 Å². The topological polar surface area (TPSA) is 37.8 Å². The molecular formula is C15H17Cl2N3. The van der Waals surface area contributed by atoms with Gasteiger partial charge in [-0.1, -0.05) is 49.2 Å². The van der Waals surface area contributed by atoms with Crippen LogP contribution in [0.1, 0.15) is 25.8 Å². The molecule has 0 saturated carbocycles. The molecule has 2 rings (SSSR count). The quantitative estimate of drug-likeness (QED) is 0.859. The molecule has 0 bridgehead atoms. The monoisotopic (exact) mass is 309 g/mol. The van der Waals surface area contributed by atoms with Gasteiger partial charge < -0.3 is 5.32 Å². The first-order valence-corrected chi connectivity index (χ1v) is 7.46. The third-order valence-electron chi connectivity index (χ3n) is 3.05. The lowest BCUT2D eigenvalue weighted by Crippen LogP contribution is -2.07. The van der Waals surface area contributed by atoms with E-state index < -0.39 is 0 Å². The highest BCUT2D eigenvalue weighted by Crippen LogP contribution is 2.35. The fraction of sp³-hybridized carbons (Fsp3) is 0.333. The van der Waals surface area contributed by atoms with Gasteiger partial charge in [-0.05, 0) is 18.9 Å². The second-order valence-electron chi connectivity index (χ2n) is 4.43. The van der Waals surface area contributed by atoms with Crippen molar-refractivity contribution in [3.8, 4) is 11.3 Å². The molecule has 1 aromatic carbocycles. The number of hydrogen-bond acceptors (Lipinski definition) is 3. The number of hydrogen-bond donors (Lipinski definition) is 1. The summed E-state index contributed by atoms with van der Waals surface area (Å²) in [7, 11) is 0. The Balaban J connectivity index is 2.53. The Morgan fingerprint density at radius 3 is 2.65 bits per heavy atom. The van der Waals surface area contributed by atoms with E-state index in [1.807, 2.05) is 12.1 Å². The van der Waals surface area contributed by atoms with Gasteiger partial charge in [0.25, 0.3) is 0 Å². The molecule has 0 aliphatic heterocycles. The zero-order valence-corrected chi connectivity index (χ0v) is 13.1. The van der Waals surface area contributed by atoms with Crippen molar-refractivity contribution < 1.29 is 0 Å². The minimum atomic E-state index is 0.531. The first-order chi connectivity index (χ1) is 9.69. The molecule has 106 valence electrons. The number of rotatable bonds is 5. The van der Waals surface area contributed by atoms with E-state index >= 15 is 0 Å². The van der Waals surface area contributed by atoms with E-state index in [9.17, 15) is 0 Å². The molecule has 0 spiro atoms. The number of halogens is 2. The van der Waals surface area contributed by atoms with Crippen molar-refractivity contribution in [3.05, 3.63) is 40.1 Å².